The summed E-state index contributed by atoms with van der Waals surface area (Å²) in [4.78, 5) is 16.5. The minimum absolute atomic E-state index is 0.0885. The second kappa shape index (κ2) is 10.3. The van der Waals surface area contributed by atoms with Crippen LogP contribution in [0.25, 0.3) is 0 Å². The second-order valence-corrected chi connectivity index (χ2v) is 7.01. The van der Waals surface area contributed by atoms with E-state index in [2.05, 4.69) is 19.9 Å². The van der Waals surface area contributed by atoms with E-state index in [0.717, 1.165) is 31.7 Å². The zero-order chi connectivity index (χ0) is 19.9. The van der Waals surface area contributed by atoms with Crippen LogP contribution in [0.2, 0.25) is 5.02 Å². The number of benzene rings is 1. The fourth-order valence-electron chi connectivity index (χ4n) is 2.88. The maximum absolute atomic E-state index is 12.2. The van der Waals surface area contributed by atoms with Crippen molar-refractivity contribution in [2.75, 3.05) is 57.8 Å². The standard InChI is InChI=1S/C18H25ClF3N3O2/c1-14-15(19)4-2-5-16(14)23-17(26)12-25-9-7-24(8-10-25)6-3-11-27-13-18(20,21)22/h2,4-5H,3,6-13H2,1H3,(H,23,26). The number of hydrogen-bond donors (Lipinski definition) is 1. The smallest absolute Gasteiger partial charge is 0.372 e. The molecular formula is C18H25ClF3N3O2. The average Bonchev–Trinajstić information content (AvgIpc) is 2.59. The maximum atomic E-state index is 12.2. The normalized spacial score (nSPS) is 16.5. The molecule has 1 amide bonds. The van der Waals surface area contributed by atoms with Gasteiger partial charge in [0, 0.05) is 50.0 Å². The number of carbonyl (C=O) groups is 1. The molecule has 152 valence electrons. The SMILES string of the molecule is Cc1c(Cl)cccc1NC(=O)CN1CCN(CCCOCC(F)(F)F)CC1. The third kappa shape index (κ3) is 8.04. The number of amides is 1. The number of piperazine rings is 1. The molecule has 1 N–H and O–H groups in total. The van der Waals surface area contributed by atoms with Crippen LogP contribution in [-0.2, 0) is 9.53 Å². The average molecular weight is 408 g/mol. The molecule has 1 heterocycles. The Balaban J connectivity index is 1.63. The van der Waals surface area contributed by atoms with Crippen molar-refractivity contribution in [2.24, 2.45) is 0 Å². The summed E-state index contributed by atoms with van der Waals surface area (Å²) in [6.07, 6.45) is -3.71. The molecule has 1 aromatic rings. The molecule has 0 saturated carbocycles. The summed E-state index contributed by atoms with van der Waals surface area (Å²) in [7, 11) is 0. The number of hydrogen-bond acceptors (Lipinski definition) is 4. The number of nitrogens with zero attached hydrogens (tertiary/aromatic N) is 2. The van der Waals surface area contributed by atoms with E-state index in [4.69, 9.17) is 11.6 Å². The van der Waals surface area contributed by atoms with E-state index < -0.39 is 12.8 Å². The van der Waals surface area contributed by atoms with Gasteiger partial charge in [0.2, 0.25) is 5.91 Å². The predicted molar refractivity (Wildman–Crippen MR) is 99.2 cm³/mol. The Bertz CT molecular complexity index is 620. The highest BCUT2D eigenvalue weighted by molar-refractivity contribution is 6.31. The number of nitrogens with one attached hydrogen (secondary N) is 1. The summed E-state index contributed by atoms with van der Waals surface area (Å²) in [5.74, 6) is -0.0885. The van der Waals surface area contributed by atoms with Gasteiger partial charge in [0.05, 0.1) is 6.54 Å². The topological polar surface area (TPSA) is 44.8 Å². The van der Waals surface area contributed by atoms with Crippen LogP contribution >= 0.6 is 11.6 Å². The zero-order valence-electron chi connectivity index (χ0n) is 15.3. The van der Waals surface area contributed by atoms with Crippen molar-refractivity contribution < 1.29 is 22.7 Å². The fraction of sp³-hybridized carbons (Fsp3) is 0.611. The van der Waals surface area contributed by atoms with E-state index in [1.54, 1.807) is 12.1 Å². The fourth-order valence-corrected chi connectivity index (χ4v) is 3.06. The number of anilines is 1. The lowest BCUT2D eigenvalue weighted by molar-refractivity contribution is -0.174. The Morgan fingerprint density at radius 1 is 1.22 bits per heavy atom. The molecule has 0 bridgehead atoms. The van der Waals surface area contributed by atoms with Crippen molar-refractivity contribution in [3.05, 3.63) is 28.8 Å². The van der Waals surface area contributed by atoms with E-state index in [1.165, 1.54) is 0 Å². The van der Waals surface area contributed by atoms with Gasteiger partial charge >= 0.3 is 6.18 Å². The van der Waals surface area contributed by atoms with Gasteiger partial charge in [-0.3, -0.25) is 9.69 Å². The number of ether oxygens (including phenoxy) is 1. The largest absolute Gasteiger partial charge is 0.411 e. The lowest BCUT2D eigenvalue weighted by Crippen LogP contribution is -2.48. The van der Waals surface area contributed by atoms with Crippen LogP contribution < -0.4 is 5.32 Å². The molecular weight excluding hydrogens is 383 g/mol. The molecule has 1 fully saturated rings. The van der Waals surface area contributed by atoms with Gasteiger partial charge in [-0.15, -0.1) is 0 Å². The molecule has 0 radical (unpaired) electrons. The summed E-state index contributed by atoms with van der Waals surface area (Å²) in [5.41, 5.74) is 1.55. The summed E-state index contributed by atoms with van der Waals surface area (Å²) < 4.78 is 40.6. The Morgan fingerprint density at radius 2 is 1.89 bits per heavy atom. The monoisotopic (exact) mass is 407 g/mol. The Kier molecular flexibility index (Phi) is 8.34. The Morgan fingerprint density at radius 3 is 2.56 bits per heavy atom. The van der Waals surface area contributed by atoms with Crippen molar-refractivity contribution in [2.45, 2.75) is 19.5 Å². The van der Waals surface area contributed by atoms with Crippen LogP contribution in [0.1, 0.15) is 12.0 Å². The molecule has 0 unspecified atom stereocenters. The summed E-state index contributed by atoms with van der Waals surface area (Å²) in [6.45, 7) is 4.80. The molecule has 2 rings (SSSR count). The predicted octanol–water partition coefficient (Wildman–Crippen LogP) is 3.17. The zero-order valence-corrected chi connectivity index (χ0v) is 16.1. The van der Waals surface area contributed by atoms with Crippen molar-refractivity contribution in [1.29, 1.82) is 0 Å². The van der Waals surface area contributed by atoms with Crippen molar-refractivity contribution in [1.82, 2.24) is 9.80 Å². The third-order valence-corrected chi connectivity index (χ3v) is 4.81. The van der Waals surface area contributed by atoms with E-state index >= 15 is 0 Å². The van der Waals surface area contributed by atoms with Crippen molar-refractivity contribution in [3.63, 3.8) is 0 Å². The van der Waals surface area contributed by atoms with Gasteiger partial charge in [0.15, 0.2) is 0 Å². The van der Waals surface area contributed by atoms with Gasteiger partial charge in [-0.1, -0.05) is 17.7 Å². The number of halogens is 4. The van der Waals surface area contributed by atoms with Gasteiger partial charge in [-0.25, -0.2) is 0 Å². The molecule has 0 spiro atoms. The van der Waals surface area contributed by atoms with E-state index in [1.807, 2.05) is 13.0 Å². The first-order chi connectivity index (χ1) is 12.7. The van der Waals surface area contributed by atoms with Gasteiger partial charge in [-0.05, 0) is 31.0 Å². The molecule has 9 heteroatoms. The highest BCUT2D eigenvalue weighted by atomic mass is 35.5. The van der Waals surface area contributed by atoms with Gasteiger partial charge < -0.3 is 15.0 Å². The molecule has 27 heavy (non-hydrogen) atoms. The molecule has 1 aliphatic rings. The molecule has 0 aliphatic carbocycles. The molecule has 0 aromatic heterocycles. The minimum atomic E-state index is -4.27. The molecule has 1 saturated heterocycles. The van der Waals surface area contributed by atoms with E-state index in [9.17, 15) is 18.0 Å². The van der Waals surface area contributed by atoms with Gasteiger partial charge in [0.1, 0.15) is 6.61 Å². The molecule has 1 aliphatic heterocycles. The quantitative estimate of drug-likeness (QED) is 0.672. The third-order valence-electron chi connectivity index (χ3n) is 4.40. The molecule has 0 atom stereocenters. The number of rotatable bonds is 8. The Labute approximate surface area is 162 Å². The van der Waals surface area contributed by atoms with Crippen molar-refractivity contribution in [3.8, 4) is 0 Å². The van der Waals surface area contributed by atoms with E-state index in [-0.39, 0.29) is 12.5 Å². The summed E-state index contributed by atoms with van der Waals surface area (Å²) in [6, 6.07) is 5.39. The van der Waals surface area contributed by atoms with Gasteiger partial charge in [0.25, 0.3) is 0 Å². The maximum Gasteiger partial charge on any atom is 0.411 e. The first kappa shape index (κ1) is 21.9. The minimum Gasteiger partial charge on any atom is -0.372 e. The lowest BCUT2D eigenvalue weighted by Gasteiger charge is -2.34. The van der Waals surface area contributed by atoms with Crippen LogP contribution in [0.3, 0.4) is 0 Å². The van der Waals surface area contributed by atoms with Gasteiger partial charge in [-0.2, -0.15) is 13.2 Å². The van der Waals surface area contributed by atoms with Crippen LogP contribution in [0.5, 0.6) is 0 Å². The van der Waals surface area contributed by atoms with Crippen LogP contribution in [0, 0.1) is 6.92 Å². The summed E-state index contributed by atoms with van der Waals surface area (Å²) in [5, 5.41) is 3.49. The molecule has 1 aromatic carbocycles. The number of carbonyl (C=O) groups excluding carboxylic acids is 1. The summed E-state index contributed by atoms with van der Waals surface area (Å²) >= 11 is 6.06. The Hall–Kier alpha value is -1.35. The molecule has 5 nitrogen and oxygen atoms in total. The van der Waals surface area contributed by atoms with Crippen LogP contribution in [0.15, 0.2) is 18.2 Å². The first-order valence-electron chi connectivity index (χ1n) is 8.89. The second-order valence-electron chi connectivity index (χ2n) is 6.60. The van der Waals surface area contributed by atoms with Crippen LogP contribution in [0.4, 0.5) is 18.9 Å². The van der Waals surface area contributed by atoms with Crippen LogP contribution in [-0.4, -0.2) is 74.4 Å². The highest BCUT2D eigenvalue weighted by Gasteiger charge is 2.27. The highest BCUT2D eigenvalue weighted by Crippen LogP contribution is 2.22. The number of alkyl halides is 3. The van der Waals surface area contributed by atoms with Crippen molar-refractivity contribution >= 4 is 23.2 Å². The van der Waals surface area contributed by atoms with E-state index in [0.29, 0.717) is 30.2 Å². The lowest BCUT2D eigenvalue weighted by atomic mass is 10.2. The first-order valence-corrected chi connectivity index (χ1v) is 9.26.